The Labute approximate surface area is 203 Å². The average Bonchev–Trinajstić information content (AvgIpc) is 3.14. The number of rotatable bonds is 9. The summed E-state index contributed by atoms with van der Waals surface area (Å²) in [7, 11) is 0. The van der Waals surface area contributed by atoms with Crippen molar-refractivity contribution in [2.45, 2.75) is 13.2 Å². The van der Waals surface area contributed by atoms with Crippen LogP contribution in [0.2, 0.25) is 10.0 Å². The molecule has 1 heterocycles. The number of nitrogen functional groups attached to an aromatic ring is 1. The summed E-state index contributed by atoms with van der Waals surface area (Å²) in [4.78, 5) is 11.9. The summed E-state index contributed by atoms with van der Waals surface area (Å²) in [6, 6.07) is 11.0. The van der Waals surface area contributed by atoms with Crippen molar-refractivity contribution in [3.63, 3.8) is 0 Å². The summed E-state index contributed by atoms with van der Waals surface area (Å²) in [6.07, 6.45) is 0. The molecule has 0 spiro atoms. The van der Waals surface area contributed by atoms with Gasteiger partial charge >= 0.3 is 0 Å². The molecule has 3 aromatic rings. The van der Waals surface area contributed by atoms with E-state index < -0.39 is 5.91 Å². The molecule has 0 saturated heterocycles. The molecule has 0 aliphatic carbocycles. The van der Waals surface area contributed by atoms with Gasteiger partial charge in [0.05, 0.1) is 0 Å². The first-order valence-electron chi connectivity index (χ1n) is 8.86. The molecule has 0 unspecified atom stereocenters. The molecule has 2 aromatic carbocycles. The van der Waals surface area contributed by atoms with Gasteiger partial charge in [-0.05, 0) is 40.6 Å². The number of benzene rings is 2. The molecule has 31 heavy (non-hydrogen) atoms. The largest absolute Gasteiger partial charge is 0.489 e. The first kappa shape index (κ1) is 25.2. The Morgan fingerprint density at radius 2 is 1.94 bits per heavy atom. The number of carbonyl (C=O) groups excluding carboxylic acids is 1. The lowest BCUT2D eigenvalue weighted by atomic mass is 10.2. The minimum Gasteiger partial charge on any atom is -0.489 e. The van der Waals surface area contributed by atoms with E-state index in [0.717, 1.165) is 21.3 Å². The Morgan fingerprint density at radius 3 is 2.65 bits per heavy atom. The smallest absolute Gasteiger partial charge is 0.277 e. The molecular formula is C19H19BrCl3N5O3. The molecule has 0 radical (unpaired) electrons. The zero-order valence-corrected chi connectivity index (χ0v) is 19.9. The zero-order valence-electron chi connectivity index (χ0n) is 16.0. The van der Waals surface area contributed by atoms with Gasteiger partial charge in [0, 0.05) is 45.3 Å². The highest BCUT2D eigenvalue weighted by Crippen LogP contribution is 2.26. The van der Waals surface area contributed by atoms with Crippen LogP contribution < -0.4 is 21.1 Å². The molecule has 1 aromatic heterocycles. The second-order valence-corrected chi connectivity index (χ2v) is 7.97. The van der Waals surface area contributed by atoms with E-state index in [0.29, 0.717) is 36.3 Å². The second kappa shape index (κ2) is 12.1. The lowest BCUT2D eigenvalue weighted by molar-refractivity contribution is 0.0944. The maximum Gasteiger partial charge on any atom is 0.277 e. The summed E-state index contributed by atoms with van der Waals surface area (Å²) in [6.45, 7) is 1.74. The van der Waals surface area contributed by atoms with Crippen LogP contribution in [0.3, 0.4) is 0 Å². The molecular weight excluding hydrogens is 533 g/mol. The SMILES string of the molecule is Cl.Nc1nonc1C(=O)NCCNCc1cc(Br)ccc1OCc1ccc(Cl)cc1Cl. The third kappa shape index (κ3) is 7.26. The third-order valence-corrected chi connectivity index (χ3v) is 5.13. The zero-order chi connectivity index (χ0) is 21.5. The highest BCUT2D eigenvalue weighted by molar-refractivity contribution is 9.10. The van der Waals surface area contributed by atoms with Gasteiger partial charge in [-0.3, -0.25) is 4.79 Å². The Kier molecular flexibility index (Phi) is 9.86. The van der Waals surface area contributed by atoms with Gasteiger partial charge in [0.15, 0.2) is 0 Å². The summed E-state index contributed by atoms with van der Waals surface area (Å²) in [5, 5.41) is 13.9. The van der Waals surface area contributed by atoms with Crippen molar-refractivity contribution >= 4 is 63.3 Å². The lowest BCUT2D eigenvalue weighted by Crippen LogP contribution is -2.32. The number of halogens is 4. The molecule has 0 bridgehead atoms. The van der Waals surface area contributed by atoms with Crippen LogP contribution in [0.5, 0.6) is 5.75 Å². The fraction of sp³-hybridized carbons (Fsp3) is 0.211. The number of aromatic nitrogens is 2. The molecule has 3 rings (SSSR count). The van der Waals surface area contributed by atoms with Crippen LogP contribution >= 0.6 is 51.5 Å². The van der Waals surface area contributed by atoms with Crippen molar-refractivity contribution < 1.29 is 14.2 Å². The normalized spacial score (nSPS) is 10.4. The van der Waals surface area contributed by atoms with Gasteiger partial charge < -0.3 is 21.1 Å². The summed E-state index contributed by atoms with van der Waals surface area (Å²) < 4.78 is 11.3. The van der Waals surface area contributed by atoms with E-state index in [1.54, 1.807) is 12.1 Å². The summed E-state index contributed by atoms with van der Waals surface area (Å²) in [5.74, 6) is 0.237. The van der Waals surface area contributed by atoms with Crippen molar-refractivity contribution in [3.05, 3.63) is 67.7 Å². The van der Waals surface area contributed by atoms with Crippen LogP contribution in [-0.2, 0) is 13.2 Å². The van der Waals surface area contributed by atoms with Gasteiger partial charge in [0.1, 0.15) is 12.4 Å². The van der Waals surface area contributed by atoms with Crippen molar-refractivity contribution in [1.82, 2.24) is 20.9 Å². The maximum atomic E-state index is 11.9. The molecule has 4 N–H and O–H groups in total. The number of carbonyl (C=O) groups is 1. The molecule has 1 amide bonds. The molecule has 0 aliphatic rings. The first-order chi connectivity index (χ1) is 14.4. The van der Waals surface area contributed by atoms with E-state index in [-0.39, 0.29) is 23.9 Å². The van der Waals surface area contributed by atoms with Gasteiger partial charge in [0.25, 0.3) is 5.91 Å². The molecule has 0 atom stereocenters. The predicted molar refractivity (Wildman–Crippen MR) is 125 cm³/mol. The Hall–Kier alpha value is -2.04. The minimum absolute atomic E-state index is 0. The first-order valence-corrected chi connectivity index (χ1v) is 10.4. The number of anilines is 1. The van der Waals surface area contributed by atoms with Crippen molar-refractivity contribution in [3.8, 4) is 5.75 Å². The van der Waals surface area contributed by atoms with Gasteiger partial charge in [0.2, 0.25) is 11.5 Å². The standard InChI is InChI=1S/C19H18BrCl2N5O3.ClH/c20-13-2-4-16(29-10-11-1-3-14(21)8-15(11)22)12(7-13)9-24-5-6-25-19(28)17-18(23)27-30-26-17;/h1-4,7-8,24H,5-6,9-10H2,(H2,23,27)(H,25,28);1H. The molecule has 12 heteroatoms. The van der Waals surface area contributed by atoms with E-state index in [9.17, 15) is 4.79 Å². The van der Waals surface area contributed by atoms with Gasteiger partial charge in [-0.2, -0.15) is 0 Å². The average molecular weight is 552 g/mol. The van der Waals surface area contributed by atoms with Gasteiger partial charge in [-0.15, -0.1) is 12.4 Å². The number of nitrogens with zero attached hydrogens (tertiary/aromatic N) is 2. The molecule has 8 nitrogen and oxygen atoms in total. The van der Waals surface area contributed by atoms with E-state index in [4.69, 9.17) is 33.7 Å². The van der Waals surface area contributed by atoms with E-state index in [2.05, 4.69) is 41.5 Å². The molecule has 0 aliphatic heterocycles. The van der Waals surface area contributed by atoms with Crippen LogP contribution in [0.1, 0.15) is 21.6 Å². The van der Waals surface area contributed by atoms with Gasteiger partial charge in [-0.1, -0.05) is 45.2 Å². The lowest BCUT2D eigenvalue weighted by Gasteiger charge is -2.14. The number of hydrogen-bond acceptors (Lipinski definition) is 7. The molecule has 166 valence electrons. The fourth-order valence-electron chi connectivity index (χ4n) is 2.55. The van der Waals surface area contributed by atoms with E-state index in [1.165, 1.54) is 0 Å². The van der Waals surface area contributed by atoms with E-state index >= 15 is 0 Å². The van der Waals surface area contributed by atoms with Crippen molar-refractivity contribution in [2.24, 2.45) is 0 Å². The number of nitrogens with one attached hydrogen (secondary N) is 2. The number of ether oxygens (including phenoxy) is 1. The number of nitrogens with two attached hydrogens (primary N) is 1. The topological polar surface area (TPSA) is 115 Å². The maximum absolute atomic E-state index is 11.9. The van der Waals surface area contributed by atoms with Crippen LogP contribution in [0, 0.1) is 0 Å². The van der Waals surface area contributed by atoms with Crippen molar-refractivity contribution in [2.75, 3.05) is 18.8 Å². The number of amides is 1. The monoisotopic (exact) mass is 549 g/mol. The third-order valence-electron chi connectivity index (χ3n) is 4.05. The highest BCUT2D eigenvalue weighted by Gasteiger charge is 2.15. The molecule has 0 fully saturated rings. The Balaban J connectivity index is 0.00000341. The Morgan fingerprint density at radius 1 is 1.13 bits per heavy atom. The van der Waals surface area contributed by atoms with Gasteiger partial charge in [-0.25, -0.2) is 4.63 Å². The Bertz CT molecular complexity index is 1030. The summed E-state index contributed by atoms with van der Waals surface area (Å²) >= 11 is 15.6. The summed E-state index contributed by atoms with van der Waals surface area (Å²) in [5.41, 5.74) is 7.25. The predicted octanol–water partition coefficient (Wildman–Crippen LogP) is 4.24. The van der Waals surface area contributed by atoms with Crippen LogP contribution in [-0.4, -0.2) is 29.3 Å². The van der Waals surface area contributed by atoms with Crippen LogP contribution in [0.4, 0.5) is 5.82 Å². The fourth-order valence-corrected chi connectivity index (χ4v) is 3.42. The van der Waals surface area contributed by atoms with Crippen LogP contribution in [0.25, 0.3) is 0 Å². The van der Waals surface area contributed by atoms with Crippen LogP contribution in [0.15, 0.2) is 45.5 Å². The van der Waals surface area contributed by atoms with E-state index in [1.807, 2.05) is 24.3 Å². The van der Waals surface area contributed by atoms with Crippen molar-refractivity contribution in [1.29, 1.82) is 0 Å². The minimum atomic E-state index is -0.443. The second-order valence-electron chi connectivity index (χ2n) is 6.21. The number of hydrogen-bond donors (Lipinski definition) is 3. The molecule has 0 saturated carbocycles. The highest BCUT2D eigenvalue weighted by atomic mass is 79.9. The quantitative estimate of drug-likeness (QED) is 0.341.